The number of hydrogen-bond donors (Lipinski definition) is 1. The Kier molecular flexibility index (Phi) is 3.58. The minimum atomic E-state index is 0.796. The van der Waals surface area contributed by atoms with Gasteiger partial charge in [0.05, 0.1) is 0 Å². The number of nitrogens with zero attached hydrogens (tertiary/aromatic N) is 1. The SMILES string of the molecule is CN(C1CCC2(CCCC2)CC1)C1CC2CCC(C1)N2. The molecule has 2 heterocycles. The Hall–Kier alpha value is -0.0800. The highest BCUT2D eigenvalue weighted by Gasteiger charge is 2.41. The zero-order valence-electron chi connectivity index (χ0n) is 13.2. The van der Waals surface area contributed by atoms with E-state index < -0.39 is 0 Å². The summed E-state index contributed by atoms with van der Waals surface area (Å²) in [6, 6.07) is 3.44. The molecule has 0 radical (unpaired) electrons. The summed E-state index contributed by atoms with van der Waals surface area (Å²) >= 11 is 0. The van der Waals surface area contributed by atoms with E-state index in [1.54, 1.807) is 12.8 Å². The second-order valence-electron chi connectivity index (χ2n) is 8.37. The molecule has 0 amide bonds. The van der Waals surface area contributed by atoms with E-state index in [2.05, 4.69) is 17.3 Å². The molecule has 2 saturated carbocycles. The molecule has 20 heavy (non-hydrogen) atoms. The first-order valence-electron chi connectivity index (χ1n) is 9.22. The van der Waals surface area contributed by atoms with Crippen LogP contribution in [0.3, 0.4) is 0 Å². The van der Waals surface area contributed by atoms with Crippen LogP contribution in [0.2, 0.25) is 0 Å². The van der Waals surface area contributed by atoms with Gasteiger partial charge in [0.15, 0.2) is 0 Å². The Bertz CT molecular complexity index is 325. The fourth-order valence-electron chi connectivity index (χ4n) is 5.91. The van der Waals surface area contributed by atoms with E-state index in [1.807, 2.05) is 0 Å². The summed E-state index contributed by atoms with van der Waals surface area (Å²) in [5.41, 5.74) is 0.796. The van der Waals surface area contributed by atoms with Gasteiger partial charge in [0, 0.05) is 24.2 Å². The summed E-state index contributed by atoms with van der Waals surface area (Å²) < 4.78 is 0. The zero-order chi connectivity index (χ0) is 13.6. The Balaban J connectivity index is 1.34. The molecular weight excluding hydrogens is 244 g/mol. The smallest absolute Gasteiger partial charge is 0.0125 e. The molecule has 0 aromatic carbocycles. The third-order valence-electron chi connectivity index (χ3n) is 7.28. The van der Waals surface area contributed by atoms with Crippen molar-refractivity contribution in [3.05, 3.63) is 0 Å². The van der Waals surface area contributed by atoms with Gasteiger partial charge >= 0.3 is 0 Å². The second kappa shape index (κ2) is 5.28. The van der Waals surface area contributed by atoms with Crippen LogP contribution >= 0.6 is 0 Å². The van der Waals surface area contributed by atoms with Crippen molar-refractivity contribution >= 4 is 0 Å². The molecule has 2 atom stereocenters. The average molecular weight is 276 g/mol. The second-order valence-corrected chi connectivity index (χ2v) is 8.37. The molecule has 2 heteroatoms. The van der Waals surface area contributed by atoms with Gasteiger partial charge in [-0.3, -0.25) is 0 Å². The lowest BCUT2D eigenvalue weighted by Crippen LogP contribution is -2.51. The van der Waals surface area contributed by atoms with Crippen LogP contribution in [-0.2, 0) is 0 Å². The Morgan fingerprint density at radius 2 is 1.40 bits per heavy atom. The van der Waals surface area contributed by atoms with Crippen molar-refractivity contribution < 1.29 is 0 Å². The molecule has 0 aromatic rings. The van der Waals surface area contributed by atoms with Gasteiger partial charge in [-0.25, -0.2) is 0 Å². The topological polar surface area (TPSA) is 15.3 Å². The molecule has 4 rings (SSSR count). The lowest BCUT2D eigenvalue weighted by atomic mass is 9.71. The van der Waals surface area contributed by atoms with Crippen LogP contribution in [-0.4, -0.2) is 36.1 Å². The van der Waals surface area contributed by atoms with Crippen molar-refractivity contribution in [1.29, 1.82) is 0 Å². The number of hydrogen-bond acceptors (Lipinski definition) is 2. The lowest BCUT2D eigenvalue weighted by molar-refractivity contribution is 0.0621. The number of rotatable bonds is 2. The molecule has 2 saturated heterocycles. The van der Waals surface area contributed by atoms with Gasteiger partial charge in [0.1, 0.15) is 0 Å². The molecule has 2 aliphatic carbocycles. The maximum absolute atomic E-state index is 3.79. The first kappa shape index (κ1) is 13.6. The van der Waals surface area contributed by atoms with Gasteiger partial charge < -0.3 is 10.2 Å². The highest BCUT2D eigenvalue weighted by atomic mass is 15.2. The van der Waals surface area contributed by atoms with Crippen LogP contribution in [0.1, 0.15) is 77.0 Å². The van der Waals surface area contributed by atoms with Crippen LogP contribution in [0.15, 0.2) is 0 Å². The van der Waals surface area contributed by atoms with Gasteiger partial charge in [0.25, 0.3) is 0 Å². The Labute approximate surface area is 124 Å². The van der Waals surface area contributed by atoms with E-state index in [0.717, 1.165) is 29.6 Å². The summed E-state index contributed by atoms with van der Waals surface area (Å²) in [5, 5.41) is 3.79. The summed E-state index contributed by atoms with van der Waals surface area (Å²) in [6.45, 7) is 0. The number of fused-ring (bicyclic) bond motifs is 2. The molecule has 4 fully saturated rings. The summed E-state index contributed by atoms with van der Waals surface area (Å²) in [6.07, 6.45) is 17.8. The molecule has 4 aliphatic rings. The van der Waals surface area contributed by atoms with Gasteiger partial charge in [0.2, 0.25) is 0 Å². The first-order chi connectivity index (χ1) is 9.74. The summed E-state index contributed by atoms with van der Waals surface area (Å²) in [4.78, 5) is 2.80. The van der Waals surface area contributed by atoms with E-state index in [1.165, 1.54) is 64.2 Å². The predicted molar refractivity (Wildman–Crippen MR) is 83.9 cm³/mol. The predicted octanol–water partition coefficient (Wildman–Crippen LogP) is 3.70. The molecular formula is C18H32N2. The maximum atomic E-state index is 3.79. The van der Waals surface area contributed by atoms with E-state index in [-0.39, 0.29) is 0 Å². The fourth-order valence-corrected chi connectivity index (χ4v) is 5.91. The van der Waals surface area contributed by atoms with Crippen LogP contribution in [0.5, 0.6) is 0 Å². The quantitative estimate of drug-likeness (QED) is 0.827. The van der Waals surface area contributed by atoms with E-state index in [0.29, 0.717) is 0 Å². The monoisotopic (exact) mass is 276 g/mol. The van der Waals surface area contributed by atoms with E-state index in [9.17, 15) is 0 Å². The third kappa shape index (κ3) is 2.43. The van der Waals surface area contributed by atoms with Crippen LogP contribution < -0.4 is 5.32 Å². The number of piperidine rings is 1. The molecule has 1 spiro atoms. The van der Waals surface area contributed by atoms with Crippen LogP contribution in [0.4, 0.5) is 0 Å². The van der Waals surface area contributed by atoms with Crippen molar-refractivity contribution in [3.63, 3.8) is 0 Å². The average Bonchev–Trinajstić information content (AvgIpc) is 3.06. The van der Waals surface area contributed by atoms with Crippen molar-refractivity contribution in [3.8, 4) is 0 Å². The fraction of sp³-hybridized carbons (Fsp3) is 1.00. The normalized spacial score (nSPS) is 40.8. The Morgan fingerprint density at radius 1 is 0.800 bits per heavy atom. The van der Waals surface area contributed by atoms with Crippen molar-refractivity contribution in [1.82, 2.24) is 10.2 Å². The molecule has 2 unspecified atom stereocenters. The first-order valence-corrected chi connectivity index (χ1v) is 9.22. The highest BCUT2D eigenvalue weighted by molar-refractivity contribution is 4.98. The molecule has 2 nitrogen and oxygen atoms in total. The van der Waals surface area contributed by atoms with Gasteiger partial charge in [-0.1, -0.05) is 12.8 Å². The molecule has 0 aromatic heterocycles. The van der Waals surface area contributed by atoms with Gasteiger partial charge in [-0.05, 0) is 76.7 Å². The Morgan fingerprint density at radius 3 is 2.00 bits per heavy atom. The van der Waals surface area contributed by atoms with E-state index in [4.69, 9.17) is 0 Å². The van der Waals surface area contributed by atoms with E-state index >= 15 is 0 Å². The summed E-state index contributed by atoms with van der Waals surface area (Å²) in [7, 11) is 2.44. The van der Waals surface area contributed by atoms with Crippen LogP contribution in [0.25, 0.3) is 0 Å². The highest BCUT2D eigenvalue weighted by Crippen LogP contribution is 2.49. The minimum Gasteiger partial charge on any atom is -0.311 e. The van der Waals surface area contributed by atoms with Crippen molar-refractivity contribution in [2.45, 2.75) is 101 Å². The lowest BCUT2D eigenvalue weighted by Gasteiger charge is -2.45. The molecule has 2 aliphatic heterocycles. The largest absolute Gasteiger partial charge is 0.311 e. The van der Waals surface area contributed by atoms with Crippen molar-refractivity contribution in [2.75, 3.05) is 7.05 Å². The third-order valence-corrected chi connectivity index (χ3v) is 7.28. The number of nitrogens with one attached hydrogen (secondary N) is 1. The van der Waals surface area contributed by atoms with Gasteiger partial charge in [-0.2, -0.15) is 0 Å². The van der Waals surface area contributed by atoms with Gasteiger partial charge in [-0.15, -0.1) is 0 Å². The van der Waals surface area contributed by atoms with Crippen molar-refractivity contribution in [2.24, 2.45) is 5.41 Å². The molecule has 2 bridgehead atoms. The maximum Gasteiger partial charge on any atom is 0.0125 e. The zero-order valence-corrected chi connectivity index (χ0v) is 13.2. The minimum absolute atomic E-state index is 0.796. The molecule has 114 valence electrons. The molecule has 1 N–H and O–H groups in total. The van der Waals surface area contributed by atoms with Crippen LogP contribution in [0, 0.1) is 5.41 Å². The standard InChI is InChI=1S/C18H32N2/c1-20(17-12-14-4-5-15(13-17)19-14)16-6-10-18(11-7-16)8-2-3-9-18/h14-17,19H,2-13H2,1H3. The summed E-state index contributed by atoms with van der Waals surface area (Å²) in [5.74, 6) is 0.